The summed E-state index contributed by atoms with van der Waals surface area (Å²) in [4.78, 5) is 38.6. The first kappa shape index (κ1) is 29.9. The molecule has 1 fully saturated rings. The molecule has 10 nitrogen and oxygen atoms in total. The molecule has 4 aromatic rings. The third-order valence-corrected chi connectivity index (χ3v) is 8.58. The van der Waals surface area contributed by atoms with E-state index in [4.69, 9.17) is 38.7 Å². The number of rotatable bonds is 11. The third kappa shape index (κ3) is 6.71. The van der Waals surface area contributed by atoms with E-state index in [-0.39, 0.29) is 17.9 Å². The minimum Gasteiger partial charge on any atom is -0.481 e. The summed E-state index contributed by atoms with van der Waals surface area (Å²) in [5.74, 6) is 0.183. The van der Waals surface area contributed by atoms with Gasteiger partial charge in [-0.25, -0.2) is 9.97 Å². The summed E-state index contributed by atoms with van der Waals surface area (Å²) >= 11 is 14.9. The van der Waals surface area contributed by atoms with Crippen molar-refractivity contribution in [3.8, 4) is 28.4 Å². The number of hydrogen-bond donors (Lipinski definition) is 4. The zero-order valence-corrected chi connectivity index (χ0v) is 25.1. The molecule has 5 rings (SSSR count). The number of nitrogens with zero attached hydrogens (tertiary/aromatic N) is 3. The Labute approximate surface area is 257 Å². The van der Waals surface area contributed by atoms with Gasteiger partial charge in [-0.3, -0.25) is 14.6 Å². The van der Waals surface area contributed by atoms with E-state index in [0.717, 1.165) is 16.9 Å². The van der Waals surface area contributed by atoms with E-state index in [2.05, 4.69) is 25.9 Å². The lowest BCUT2D eigenvalue weighted by Crippen LogP contribution is -2.35. The van der Waals surface area contributed by atoms with Gasteiger partial charge in [-0.05, 0) is 37.6 Å². The number of hydrogen-bond acceptors (Lipinski definition) is 9. The molecule has 2 amide bonds. The first-order valence-corrected chi connectivity index (χ1v) is 14.9. The van der Waals surface area contributed by atoms with Crippen molar-refractivity contribution in [2.75, 3.05) is 25.5 Å². The molecule has 3 aromatic heterocycles. The number of nitrogens with one attached hydrogen (secondary N) is 3. The molecule has 1 aliphatic heterocycles. The summed E-state index contributed by atoms with van der Waals surface area (Å²) in [5, 5.41) is 10.1. The Balaban J connectivity index is 1.35. The van der Waals surface area contributed by atoms with Crippen LogP contribution in [0, 0.1) is 0 Å². The van der Waals surface area contributed by atoms with Crippen LogP contribution in [0.4, 0.5) is 5.69 Å². The van der Waals surface area contributed by atoms with Crippen LogP contribution < -0.4 is 26.4 Å². The maximum atomic E-state index is 12.8. The highest BCUT2D eigenvalue weighted by molar-refractivity contribution is 7.13. The second-order valence-electron chi connectivity index (χ2n) is 9.61. The van der Waals surface area contributed by atoms with Gasteiger partial charge in [-0.15, -0.1) is 11.3 Å². The number of thiazole rings is 1. The van der Waals surface area contributed by atoms with Gasteiger partial charge in [0.25, 0.3) is 5.91 Å². The molecule has 1 aliphatic rings. The molecule has 0 aliphatic carbocycles. The van der Waals surface area contributed by atoms with E-state index >= 15 is 0 Å². The molecule has 1 atom stereocenters. The first-order valence-electron chi connectivity index (χ1n) is 13.3. The van der Waals surface area contributed by atoms with Crippen LogP contribution in [0.25, 0.3) is 22.5 Å². The van der Waals surface area contributed by atoms with E-state index in [1.54, 1.807) is 43.8 Å². The zero-order chi connectivity index (χ0) is 29.6. The summed E-state index contributed by atoms with van der Waals surface area (Å²) in [6, 6.07) is 11.0. The van der Waals surface area contributed by atoms with Gasteiger partial charge in [0.2, 0.25) is 11.8 Å². The minimum atomic E-state index is -0.367. The smallest absolute Gasteiger partial charge is 0.284 e. The molecule has 0 bridgehead atoms. The monoisotopic (exact) mass is 625 g/mol. The van der Waals surface area contributed by atoms with Gasteiger partial charge in [0.15, 0.2) is 5.01 Å². The van der Waals surface area contributed by atoms with Crippen molar-refractivity contribution >= 4 is 52.0 Å². The quantitative estimate of drug-likeness (QED) is 0.188. The molecular formula is C29H29Cl2N7O3S. The van der Waals surface area contributed by atoms with Crippen LogP contribution in [0.15, 0.2) is 48.8 Å². The highest BCUT2D eigenvalue weighted by atomic mass is 35.5. The van der Waals surface area contributed by atoms with Crippen LogP contribution in [-0.4, -0.2) is 53.0 Å². The van der Waals surface area contributed by atoms with Crippen LogP contribution >= 0.6 is 34.5 Å². The van der Waals surface area contributed by atoms with Crippen LogP contribution in [-0.2, 0) is 17.8 Å². The highest BCUT2D eigenvalue weighted by Gasteiger charge is 2.21. The molecule has 13 heteroatoms. The summed E-state index contributed by atoms with van der Waals surface area (Å²) in [7, 11) is 1.57. The number of halogens is 2. The SMILES string of the molecule is COc1nc(-c2ccnc(-c3cccc(NC(=O)c4ncc(CCN)s4)c3Cl)c2Cl)ccc1CNC[C@H]1CCC(=O)N1. The van der Waals surface area contributed by atoms with Gasteiger partial charge in [-0.1, -0.05) is 41.4 Å². The van der Waals surface area contributed by atoms with Crippen molar-refractivity contribution in [3.63, 3.8) is 0 Å². The van der Waals surface area contributed by atoms with Gasteiger partial charge >= 0.3 is 0 Å². The number of pyridine rings is 2. The number of nitrogens with two attached hydrogens (primary N) is 1. The average molecular weight is 627 g/mol. The largest absolute Gasteiger partial charge is 0.481 e. The summed E-state index contributed by atoms with van der Waals surface area (Å²) in [6.45, 7) is 1.67. The molecule has 218 valence electrons. The van der Waals surface area contributed by atoms with Crippen molar-refractivity contribution in [2.45, 2.75) is 31.8 Å². The lowest BCUT2D eigenvalue weighted by molar-refractivity contribution is -0.119. The van der Waals surface area contributed by atoms with E-state index < -0.39 is 0 Å². The number of anilines is 1. The highest BCUT2D eigenvalue weighted by Crippen LogP contribution is 2.40. The average Bonchev–Trinajstić information content (AvgIpc) is 3.64. The maximum absolute atomic E-state index is 12.8. The molecule has 0 spiro atoms. The van der Waals surface area contributed by atoms with Gasteiger partial charge in [0.1, 0.15) is 0 Å². The van der Waals surface area contributed by atoms with Gasteiger partial charge in [-0.2, -0.15) is 0 Å². The van der Waals surface area contributed by atoms with Gasteiger partial charge < -0.3 is 26.4 Å². The number of amides is 2. The fourth-order valence-electron chi connectivity index (χ4n) is 4.63. The fourth-order valence-corrected chi connectivity index (χ4v) is 6.02. The molecule has 4 heterocycles. The van der Waals surface area contributed by atoms with Crippen LogP contribution in [0.5, 0.6) is 5.88 Å². The normalized spacial score (nSPS) is 14.6. The molecule has 0 saturated carbocycles. The lowest BCUT2D eigenvalue weighted by atomic mass is 10.1. The summed E-state index contributed by atoms with van der Waals surface area (Å²) in [5.41, 5.74) is 9.13. The fraction of sp³-hybridized carbons (Fsp3) is 0.276. The second-order valence-corrected chi connectivity index (χ2v) is 11.5. The number of methoxy groups -OCH3 is 1. The van der Waals surface area contributed by atoms with Crippen LogP contribution in [0.1, 0.15) is 33.1 Å². The Morgan fingerprint density at radius 1 is 1.17 bits per heavy atom. The molecule has 42 heavy (non-hydrogen) atoms. The van der Waals surface area contributed by atoms with Crippen molar-refractivity contribution in [3.05, 3.63) is 74.3 Å². The second kappa shape index (κ2) is 13.6. The van der Waals surface area contributed by atoms with E-state index in [1.807, 2.05) is 12.1 Å². The Bertz CT molecular complexity index is 1610. The number of carbonyl (C=O) groups is 2. The molecule has 0 unspecified atom stereocenters. The Hall–Kier alpha value is -3.61. The topological polar surface area (TPSA) is 144 Å². The van der Waals surface area contributed by atoms with E-state index in [9.17, 15) is 9.59 Å². The number of aromatic nitrogens is 3. The number of ether oxygens (including phenoxy) is 1. The minimum absolute atomic E-state index is 0.0876. The standard InChI is InChI=1S/C29H29Cl2N7O3S/c1-41-28-16(13-33-14-17-6-8-23(39)36-17)5-7-21(38-28)19-10-12-34-26(25(19)31)20-3-2-4-22(24(20)30)37-27(40)29-35-15-18(42-29)9-11-32/h2-5,7,10,12,15,17,33H,6,8-9,11,13-14,32H2,1H3,(H,36,39)(H,37,40)/t17-/m1/s1. The first-order chi connectivity index (χ1) is 20.4. The van der Waals surface area contributed by atoms with E-state index in [0.29, 0.717) is 81.6 Å². The predicted octanol–water partition coefficient (Wildman–Crippen LogP) is 4.70. The summed E-state index contributed by atoms with van der Waals surface area (Å²) < 4.78 is 5.57. The Kier molecular flexibility index (Phi) is 9.65. The third-order valence-electron chi connectivity index (χ3n) is 6.73. The van der Waals surface area contributed by atoms with Crippen molar-refractivity contribution in [1.82, 2.24) is 25.6 Å². The Morgan fingerprint density at radius 2 is 2.02 bits per heavy atom. The van der Waals surface area contributed by atoms with Crippen LogP contribution in [0.2, 0.25) is 10.0 Å². The number of benzene rings is 1. The molecule has 1 aromatic carbocycles. The lowest BCUT2D eigenvalue weighted by Gasteiger charge is -2.15. The van der Waals surface area contributed by atoms with E-state index in [1.165, 1.54) is 11.3 Å². The molecule has 1 saturated heterocycles. The molecule has 0 radical (unpaired) electrons. The molecular weight excluding hydrogens is 597 g/mol. The van der Waals surface area contributed by atoms with Crippen molar-refractivity contribution in [2.24, 2.45) is 5.73 Å². The van der Waals surface area contributed by atoms with Crippen LogP contribution in [0.3, 0.4) is 0 Å². The Morgan fingerprint density at radius 3 is 2.79 bits per heavy atom. The predicted molar refractivity (Wildman–Crippen MR) is 165 cm³/mol. The maximum Gasteiger partial charge on any atom is 0.284 e. The molecule has 5 N–H and O–H groups in total. The van der Waals surface area contributed by atoms with Crippen molar-refractivity contribution in [1.29, 1.82) is 0 Å². The van der Waals surface area contributed by atoms with Gasteiger partial charge in [0.05, 0.1) is 34.2 Å². The number of carbonyl (C=O) groups excluding carboxylic acids is 2. The van der Waals surface area contributed by atoms with Gasteiger partial charge in [0, 0.05) is 59.5 Å². The summed E-state index contributed by atoms with van der Waals surface area (Å²) in [6.07, 6.45) is 5.33. The van der Waals surface area contributed by atoms with Crippen molar-refractivity contribution < 1.29 is 14.3 Å². The zero-order valence-electron chi connectivity index (χ0n) is 22.7.